The minimum atomic E-state index is -1.71. The zero-order valence-corrected chi connectivity index (χ0v) is 18.6. The van der Waals surface area contributed by atoms with Gasteiger partial charge in [0.15, 0.2) is 17.5 Å². The molecule has 3 aromatic rings. The van der Waals surface area contributed by atoms with Gasteiger partial charge in [0.05, 0.1) is 18.7 Å². The molecule has 178 valence electrons. The van der Waals surface area contributed by atoms with E-state index in [1.165, 1.54) is 0 Å². The van der Waals surface area contributed by atoms with Crippen LogP contribution in [0.25, 0.3) is 10.8 Å². The average molecular weight is 471 g/mol. The van der Waals surface area contributed by atoms with Crippen LogP contribution >= 0.6 is 0 Å². The molecular formula is C25H24F3N3O3. The number of carbonyl (C=O) groups excluding carboxylic acids is 3. The van der Waals surface area contributed by atoms with Gasteiger partial charge < -0.3 is 16.0 Å². The Labute approximate surface area is 194 Å². The fraction of sp³-hybridized carbons (Fsp3) is 0.240. The van der Waals surface area contributed by atoms with Gasteiger partial charge in [0.2, 0.25) is 17.7 Å². The molecular weight excluding hydrogens is 447 g/mol. The highest BCUT2D eigenvalue weighted by atomic mass is 19.2. The fourth-order valence-corrected chi connectivity index (χ4v) is 3.47. The summed E-state index contributed by atoms with van der Waals surface area (Å²) in [5.41, 5.74) is 0.258. The first-order valence-corrected chi connectivity index (χ1v) is 10.6. The van der Waals surface area contributed by atoms with Crippen LogP contribution in [-0.4, -0.2) is 30.3 Å². The van der Waals surface area contributed by atoms with E-state index in [1.54, 1.807) is 13.8 Å². The van der Waals surface area contributed by atoms with Crippen LogP contribution in [0.2, 0.25) is 0 Å². The number of amides is 3. The Bertz CT molecular complexity index is 1230. The van der Waals surface area contributed by atoms with Crippen LogP contribution in [0.15, 0.2) is 54.6 Å². The van der Waals surface area contributed by atoms with Gasteiger partial charge in [-0.25, -0.2) is 13.2 Å². The zero-order chi connectivity index (χ0) is 24.8. The quantitative estimate of drug-likeness (QED) is 0.438. The number of benzene rings is 3. The van der Waals surface area contributed by atoms with Gasteiger partial charge in [-0.1, -0.05) is 56.3 Å². The molecule has 3 rings (SSSR count). The van der Waals surface area contributed by atoms with Crippen LogP contribution in [0.3, 0.4) is 0 Å². The predicted molar refractivity (Wildman–Crippen MR) is 122 cm³/mol. The lowest BCUT2D eigenvalue weighted by atomic mass is 10.0. The molecule has 0 bridgehead atoms. The lowest BCUT2D eigenvalue weighted by Gasteiger charge is -2.22. The third kappa shape index (κ3) is 5.92. The van der Waals surface area contributed by atoms with Crippen LogP contribution in [-0.2, 0) is 20.8 Å². The van der Waals surface area contributed by atoms with E-state index in [4.69, 9.17) is 0 Å². The number of carbonyl (C=O) groups is 3. The second-order valence-electron chi connectivity index (χ2n) is 8.09. The molecule has 0 heterocycles. The largest absolute Gasteiger partial charge is 0.345 e. The molecule has 3 aromatic carbocycles. The van der Waals surface area contributed by atoms with Crippen LogP contribution in [0.1, 0.15) is 19.4 Å². The first-order valence-electron chi connectivity index (χ1n) is 10.6. The van der Waals surface area contributed by atoms with Gasteiger partial charge >= 0.3 is 0 Å². The van der Waals surface area contributed by atoms with Crippen LogP contribution < -0.4 is 16.0 Å². The van der Waals surface area contributed by atoms with Crippen molar-refractivity contribution < 1.29 is 27.6 Å². The van der Waals surface area contributed by atoms with Crippen LogP contribution in [0.4, 0.5) is 18.9 Å². The van der Waals surface area contributed by atoms with Crippen LogP contribution in [0.5, 0.6) is 0 Å². The molecule has 0 aromatic heterocycles. The molecule has 0 saturated carbocycles. The van der Waals surface area contributed by atoms with E-state index in [1.807, 2.05) is 42.5 Å². The average Bonchev–Trinajstić information content (AvgIpc) is 2.81. The van der Waals surface area contributed by atoms with Gasteiger partial charge in [0.1, 0.15) is 6.04 Å². The summed E-state index contributed by atoms with van der Waals surface area (Å²) < 4.78 is 40.0. The molecule has 0 aliphatic heterocycles. The highest BCUT2D eigenvalue weighted by Gasteiger charge is 2.25. The van der Waals surface area contributed by atoms with Crippen molar-refractivity contribution in [2.24, 2.45) is 5.92 Å². The van der Waals surface area contributed by atoms with Gasteiger partial charge in [-0.05, 0) is 34.4 Å². The summed E-state index contributed by atoms with van der Waals surface area (Å²) in [6, 6.07) is 13.9. The summed E-state index contributed by atoms with van der Waals surface area (Å²) in [7, 11) is 0. The van der Waals surface area contributed by atoms with Gasteiger partial charge in [-0.2, -0.15) is 0 Å². The summed E-state index contributed by atoms with van der Waals surface area (Å²) >= 11 is 0. The van der Waals surface area contributed by atoms with Crippen molar-refractivity contribution in [1.29, 1.82) is 0 Å². The van der Waals surface area contributed by atoms with E-state index in [0.717, 1.165) is 22.4 Å². The van der Waals surface area contributed by atoms with Gasteiger partial charge in [0.25, 0.3) is 0 Å². The number of hydrogen-bond acceptors (Lipinski definition) is 3. The van der Waals surface area contributed by atoms with Gasteiger partial charge in [-0.3, -0.25) is 14.4 Å². The zero-order valence-electron chi connectivity index (χ0n) is 18.6. The van der Waals surface area contributed by atoms with Crippen molar-refractivity contribution >= 4 is 34.2 Å². The van der Waals surface area contributed by atoms with E-state index >= 15 is 0 Å². The summed E-state index contributed by atoms with van der Waals surface area (Å²) in [5.74, 6) is -6.74. The molecule has 1 atom stereocenters. The number of fused-ring (bicyclic) bond motifs is 1. The van der Waals surface area contributed by atoms with Gasteiger partial charge in [0, 0.05) is 0 Å². The Kier molecular flexibility index (Phi) is 7.88. The normalized spacial score (nSPS) is 11.8. The maximum atomic E-state index is 13.7. The number of rotatable bonds is 8. The second kappa shape index (κ2) is 10.8. The van der Waals surface area contributed by atoms with Crippen molar-refractivity contribution in [1.82, 2.24) is 10.6 Å². The van der Waals surface area contributed by atoms with E-state index in [0.29, 0.717) is 6.07 Å². The molecule has 0 saturated heterocycles. The molecule has 34 heavy (non-hydrogen) atoms. The first kappa shape index (κ1) is 24.8. The molecule has 9 heteroatoms. The Morgan fingerprint density at radius 1 is 0.853 bits per heavy atom. The molecule has 6 nitrogen and oxygen atoms in total. The maximum Gasteiger partial charge on any atom is 0.243 e. The topological polar surface area (TPSA) is 87.3 Å². The van der Waals surface area contributed by atoms with E-state index in [9.17, 15) is 27.6 Å². The molecule has 0 aliphatic carbocycles. The highest BCUT2D eigenvalue weighted by molar-refractivity contribution is 5.96. The molecule has 0 fully saturated rings. The Balaban J connectivity index is 1.59. The molecule has 0 spiro atoms. The monoisotopic (exact) mass is 471 g/mol. The van der Waals surface area contributed by atoms with Crippen LogP contribution in [0, 0.1) is 23.4 Å². The molecule has 1 unspecified atom stereocenters. The third-order valence-corrected chi connectivity index (χ3v) is 5.23. The Hall–Kier alpha value is -3.88. The molecule has 3 N–H and O–H groups in total. The van der Waals surface area contributed by atoms with E-state index < -0.39 is 47.5 Å². The lowest BCUT2D eigenvalue weighted by molar-refractivity contribution is -0.130. The van der Waals surface area contributed by atoms with Crippen molar-refractivity contribution in [2.75, 3.05) is 11.9 Å². The minimum absolute atomic E-state index is 0.0632. The maximum absolute atomic E-state index is 13.7. The summed E-state index contributed by atoms with van der Waals surface area (Å²) in [4.78, 5) is 37.3. The Morgan fingerprint density at radius 3 is 2.29 bits per heavy atom. The number of halogens is 3. The molecule has 0 aliphatic rings. The SMILES string of the molecule is CC(C)C(NC(=O)Cc1cccc2ccccc12)C(=O)NCC(=O)Nc1ccc(F)c(F)c1F. The number of anilines is 1. The van der Waals surface area contributed by atoms with Crippen molar-refractivity contribution in [2.45, 2.75) is 26.3 Å². The molecule has 0 radical (unpaired) electrons. The summed E-state index contributed by atoms with van der Waals surface area (Å²) in [6.07, 6.45) is 0.0632. The minimum Gasteiger partial charge on any atom is -0.345 e. The standard InChI is InChI=1S/C25H24F3N3O3/c1-14(2)24(31-20(32)12-16-8-5-7-15-6-3-4-9-17(15)16)25(34)29-13-21(33)30-19-11-10-18(26)22(27)23(19)28/h3-11,14,24H,12-13H2,1-2H3,(H,29,34)(H,30,33)(H,31,32). The smallest absolute Gasteiger partial charge is 0.243 e. The van der Waals surface area contributed by atoms with E-state index in [-0.39, 0.29) is 18.2 Å². The first-order chi connectivity index (χ1) is 16.2. The summed E-state index contributed by atoms with van der Waals surface area (Å²) in [5, 5.41) is 9.07. The van der Waals surface area contributed by atoms with Crippen molar-refractivity contribution in [3.63, 3.8) is 0 Å². The summed E-state index contributed by atoms with van der Waals surface area (Å²) in [6.45, 7) is 2.91. The van der Waals surface area contributed by atoms with Crippen molar-refractivity contribution in [3.8, 4) is 0 Å². The molecule has 3 amide bonds. The second-order valence-corrected chi connectivity index (χ2v) is 8.09. The van der Waals surface area contributed by atoms with Crippen molar-refractivity contribution in [3.05, 3.63) is 77.6 Å². The third-order valence-electron chi connectivity index (χ3n) is 5.23. The van der Waals surface area contributed by atoms with E-state index in [2.05, 4.69) is 16.0 Å². The highest BCUT2D eigenvalue weighted by Crippen LogP contribution is 2.20. The number of hydrogen-bond donors (Lipinski definition) is 3. The van der Waals surface area contributed by atoms with Gasteiger partial charge in [-0.15, -0.1) is 0 Å². The lowest BCUT2D eigenvalue weighted by Crippen LogP contribution is -2.51. The number of nitrogens with one attached hydrogen (secondary N) is 3. The Morgan fingerprint density at radius 2 is 1.56 bits per heavy atom. The fourth-order valence-electron chi connectivity index (χ4n) is 3.47. The predicted octanol–water partition coefficient (Wildman–Crippen LogP) is 3.70.